The second kappa shape index (κ2) is 10.9. The SMILES string of the molecule is CC(C)=CCCC(C)=CCCC(C)=CCCC1(C)CCc2cc(C)c(C)c(O)c2O1. The van der Waals surface area contributed by atoms with Crippen LogP contribution in [0.15, 0.2) is 41.0 Å². The average Bonchev–Trinajstić information content (AvgIpc) is 2.67. The molecule has 166 valence electrons. The summed E-state index contributed by atoms with van der Waals surface area (Å²) in [4.78, 5) is 0. The molecule has 30 heavy (non-hydrogen) atoms. The Labute approximate surface area is 184 Å². The topological polar surface area (TPSA) is 29.5 Å². The van der Waals surface area contributed by atoms with Gasteiger partial charge in [-0.05, 0) is 117 Å². The van der Waals surface area contributed by atoms with Crippen molar-refractivity contribution in [3.8, 4) is 11.5 Å². The van der Waals surface area contributed by atoms with Crippen LogP contribution in [0.5, 0.6) is 11.5 Å². The summed E-state index contributed by atoms with van der Waals surface area (Å²) < 4.78 is 6.34. The number of benzene rings is 1. The van der Waals surface area contributed by atoms with Crippen molar-refractivity contribution in [2.75, 3.05) is 0 Å². The first-order chi connectivity index (χ1) is 14.1. The lowest BCUT2D eigenvalue weighted by Crippen LogP contribution is -2.36. The third-order valence-electron chi connectivity index (χ3n) is 6.40. The molecule has 1 unspecified atom stereocenters. The number of phenolic OH excluding ortho intramolecular Hbond substituents is 1. The second-order valence-corrected chi connectivity index (χ2v) is 9.71. The van der Waals surface area contributed by atoms with Crippen LogP contribution in [0.25, 0.3) is 0 Å². The normalized spacial score (nSPS) is 19.3. The molecule has 1 aliphatic rings. The minimum Gasteiger partial charge on any atom is -0.504 e. The molecule has 1 aromatic carbocycles. The van der Waals surface area contributed by atoms with Gasteiger partial charge in [-0.15, -0.1) is 0 Å². The van der Waals surface area contributed by atoms with Crippen LogP contribution >= 0.6 is 0 Å². The fourth-order valence-corrected chi connectivity index (χ4v) is 4.08. The van der Waals surface area contributed by atoms with Gasteiger partial charge in [0.05, 0.1) is 0 Å². The third-order valence-corrected chi connectivity index (χ3v) is 6.40. The number of hydrogen-bond acceptors (Lipinski definition) is 2. The minimum absolute atomic E-state index is 0.204. The molecule has 2 heteroatoms. The first-order valence-electron chi connectivity index (χ1n) is 11.6. The van der Waals surface area contributed by atoms with Gasteiger partial charge >= 0.3 is 0 Å². The first kappa shape index (κ1) is 24.3. The average molecular weight is 411 g/mol. The number of hydrogen-bond donors (Lipinski definition) is 1. The third kappa shape index (κ3) is 7.07. The fourth-order valence-electron chi connectivity index (χ4n) is 4.08. The van der Waals surface area contributed by atoms with E-state index in [4.69, 9.17) is 4.74 Å². The van der Waals surface area contributed by atoms with Crippen LogP contribution in [0.1, 0.15) is 96.3 Å². The molecule has 0 bridgehead atoms. The number of aryl methyl sites for hydroxylation is 2. The van der Waals surface area contributed by atoms with Gasteiger partial charge in [-0.2, -0.15) is 0 Å². The van der Waals surface area contributed by atoms with Crippen LogP contribution in [0.4, 0.5) is 0 Å². The van der Waals surface area contributed by atoms with Crippen LogP contribution in [-0.4, -0.2) is 10.7 Å². The highest BCUT2D eigenvalue weighted by molar-refractivity contribution is 5.55. The molecular weight excluding hydrogens is 368 g/mol. The molecule has 1 atom stereocenters. The van der Waals surface area contributed by atoms with E-state index in [9.17, 15) is 5.11 Å². The number of rotatable bonds is 9. The van der Waals surface area contributed by atoms with Crippen molar-refractivity contribution in [2.24, 2.45) is 0 Å². The molecule has 1 aromatic rings. The zero-order chi connectivity index (χ0) is 22.3. The maximum absolute atomic E-state index is 10.5. The van der Waals surface area contributed by atoms with Crippen molar-refractivity contribution < 1.29 is 9.84 Å². The second-order valence-electron chi connectivity index (χ2n) is 9.71. The Morgan fingerprint density at radius 3 is 2.23 bits per heavy atom. The van der Waals surface area contributed by atoms with Crippen molar-refractivity contribution in [2.45, 2.75) is 105 Å². The minimum atomic E-state index is -0.204. The Bertz CT molecular complexity index is 822. The van der Waals surface area contributed by atoms with Gasteiger partial charge in [0.15, 0.2) is 11.5 Å². The molecule has 0 saturated heterocycles. The van der Waals surface area contributed by atoms with E-state index in [1.807, 2.05) is 6.92 Å². The molecule has 0 radical (unpaired) electrons. The maximum Gasteiger partial charge on any atom is 0.165 e. The summed E-state index contributed by atoms with van der Waals surface area (Å²) in [6, 6.07) is 2.17. The van der Waals surface area contributed by atoms with E-state index >= 15 is 0 Å². The predicted octanol–water partition coefficient (Wildman–Crippen LogP) is 8.29. The van der Waals surface area contributed by atoms with E-state index in [-0.39, 0.29) is 5.60 Å². The Balaban J connectivity index is 1.83. The van der Waals surface area contributed by atoms with Gasteiger partial charge in [-0.1, -0.05) is 41.0 Å². The lowest BCUT2D eigenvalue weighted by atomic mass is 9.87. The Morgan fingerprint density at radius 1 is 1.00 bits per heavy atom. The largest absolute Gasteiger partial charge is 0.504 e. The summed E-state index contributed by atoms with van der Waals surface area (Å²) in [5.74, 6) is 1.04. The van der Waals surface area contributed by atoms with Crippen molar-refractivity contribution in [1.29, 1.82) is 0 Å². The highest BCUT2D eigenvalue weighted by atomic mass is 16.5. The van der Waals surface area contributed by atoms with E-state index < -0.39 is 0 Å². The van der Waals surface area contributed by atoms with Gasteiger partial charge in [-0.3, -0.25) is 0 Å². The summed E-state index contributed by atoms with van der Waals surface area (Å²) in [7, 11) is 0. The molecule has 0 fully saturated rings. The fraction of sp³-hybridized carbons (Fsp3) is 0.571. The summed E-state index contributed by atoms with van der Waals surface area (Å²) in [5, 5.41) is 10.5. The van der Waals surface area contributed by atoms with E-state index in [0.717, 1.165) is 68.1 Å². The van der Waals surface area contributed by atoms with Gasteiger partial charge in [0.25, 0.3) is 0 Å². The number of allylic oxidation sites excluding steroid dienone is 6. The molecule has 1 aliphatic heterocycles. The molecule has 0 saturated carbocycles. The zero-order valence-electron chi connectivity index (χ0n) is 20.3. The van der Waals surface area contributed by atoms with Crippen molar-refractivity contribution in [1.82, 2.24) is 0 Å². The van der Waals surface area contributed by atoms with E-state index in [0.29, 0.717) is 11.5 Å². The highest BCUT2D eigenvalue weighted by Gasteiger charge is 2.33. The van der Waals surface area contributed by atoms with Crippen molar-refractivity contribution in [3.05, 3.63) is 57.7 Å². The lowest BCUT2D eigenvalue weighted by Gasteiger charge is -2.36. The van der Waals surface area contributed by atoms with Crippen LogP contribution in [0, 0.1) is 13.8 Å². The Kier molecular flexibility index (Phi) is 8.82. The molecule has 0 aliphatic carbocycles. The van der Waals surface area contributed by atoms with Crippen LogP contribution < -0.4 is 4.74 Å². The molecule has 0 amide bonds. The van der Waals surface area contributed by atoms with Gasteiger partial charge in [0.1, 0.15) is 5.60 Å². The number of fused-ring (bicyclic) bond motifs is 1. The molecule has 0 aromatic heterocycles. The van der Waals surface area contributed by atoms with Crippen LogP contribution in [-0.2, 0) is 6.42 Å². The first-order valence-corrected chi connectivity index (χ1v) is 11.6. The van der Waals surface area contributed by atoms with Gasteiger partial charge in [0.2, 0.25) is 0 Å². The maximum atomic E-state index is 10.5. The standard InChI is InChI=1S/C28H42O2/c1-20(2)11-8-12-21(3)13-9-14-22(4)15-10-17-28(7)18-16-25-19-23(5)24(6)26(29)27(25)30-28/h11,13,15,19,29H,8-10,12,14,16-18H2,1-7H3. The molecular formula is C28H42O2. The van der Waals surface area contributed by atoms with Crippen molar-refractivity contribution in [3.63, 3.8) is 0 Å². The number of ether oxygens (including phenoxy) is 1. The quantitative estimate of drug-likeness (QED) is 0.415. The molecule has 2 rings (SSSR count). The summed E-state index contributed by atoms with van der Waals surface area (Å²) in [6.07, 6.45) is 15.6. The lowest BCUT2D eigenvalue weighted by molar-refractivity contribution is 0.0536. The van der Waals surface area contributed by atoms with Gasteiger partial charge in [-0.25, -0.2) is 0 Å². The van der Waals surface area contributed by atoms with Gasteiger partial charge in [0, 0.05) is 0 Å². The number of phenols is 1. The summed E-state index contributed by atoms with van der Waals surface area (Å²) in [6.45, 7) is 15.0. The van der Waals surface area contributed by atoms with E-state index in [2.05, 4.69) is 65.8 Å². The summed E-state index contributed by atoms with van der Waals surface area (Å²) in [5.41, 5.74) is 7.36. The Morgan fingerprint density at radius 2 is 1.60 bits per heavy atom. The van der Waals surface area contributed by atoms with Crippen molar-refractivity contribution >= 4 is 0 Å². The predicted molar refractivity (Wildman–Crippen MR) is 130 cm³/mol. The monoisotopic (exact) mass is 410 g/mol. The summed E-state index contributed by atoms with van der Waals surface area (Å²) >= 11 is 0. The zero-order valence-corrected chi connectivity index (χ0v) is 20.3. The molecule has 1 heterocycles. The molecule has 2 nitrogen and oxygen atoms in total. The van der Waals surface area contributed by atoms with Crippen LogP contribution in [0.2, 0.25) is 0 Å². The Hall–Kier alpha value is -1.96. The molecule has 1 N–H and O–H groups in total. The smallest absolute Gasteiger partial charge is 0.165 e. The van der Waals surface area contributed by atoms with Gasteiger partial charge < -0.3 is 9.84 Å². The van der Waals surface area contributed by atoms with E-state index in [1.165, 1.54) is 16.7 Å². The number of aromatic hydroxyl groups is 1. The highest BCUT2D eigenvalue weighted by Crippen LogP contribution is 2.44. The van der Waals surface area contributed by atoms with E-state index in [1.54, 1.807) is 0 Å². The van der Waals surface area contributed by atoms with Crippen LogP contribution in [0.3, 0.4) is 0 Å². The molecule has 0 spiro atoms.